The molecule has 1 aromatic heterocycles. The monoisotopic (exact) mass is 372 g/mol. The van der Waals surface area contributed by atoms with Crippen LogP contribution >= 0.6 is 11.3 Å². The van der Waals surface area contributed by atoms with Crippen molar-refractivity contribution in [2.45, 2.75) is 31.7 Å². The van der Waals surface area contributed by atoms with E-state index in [1.54, 1.807) is 12.1 Å². The van der Waals surface area contributed by atoms with Crippen molar-refractivity contribution in [1.29, 1.82) is 0 Å². The van der Waals surface area contributed by atoms with Gasteiger partial charge in [-0.3, -0.25) is 9.59 Å². The lowest BCUT2D eigenvalue weighted by molar-refractivity contribution is -0.133. The summed E-state index contributed by atoms with van der Waals surface area (Å²) in [6, 6.07) is 10.1. The summed E-state index contributed by atoms with van der Waals surface area (Å²) in [5.41, 5.74) is 0.905. The Labute approximate surface area is 156 Å². The molecule has 6 heteroatoms. The molecule has 1 N–H and O–H groups in total. The quantitative estimate of drug-likeness (QED) is 0.890. The van der Waals surface area contributed by atoms with Gasteiger partial charge in [-0.25, -0.2) is 4.39 Å². The Kier molecular flexibility index (Phi) is 4.76. The number of rotatable bonds is 4. The van der Waals surface area contributed by atoms with Crippen molar-refractivity contribution in [3.8, 4) is 10.4 Å². The number of benzene rings is 1. The van der Waals surface area contributed by atoms with Crippen LogP contribution in [0.2, 0.25) is 0 Å². The molecule has 4 rings (SSSR count). The summed E-state index contributed by atoms with van der Waals surface area (Å²) in [6.45, 7) is 1.46. The summed E-state index contributed by atoms with van der Waals surface area (Å²) < 4.78 is 13.0. The van der Waals surface area contributed by atoms with Gasteiger partial charge in [-0.1, -0.05) is 12.1 Å². The van der Waals surface area contributed by atoms with E-state index >= 15 is 0 Å². The Morgan fingerprint density at radius 2 is 1.69 bits per heavy atom. The van der Waals surface area contributed by atoms with Gasteiger partial charge in [0.15, 0.2) is 0 Å². The fraction of sp³-hybridized carbons (Fsp3) is 0.400. The Bertz CT molecular complexity index is 805. The summed E-state index contributed by atoms with van der Waals surface area (Å²) in [5.74, 6) is 0.208. The molecule has 0 radical (unpaired) electrons. The Hall–Kier alpha value is -2.21. The van der Waals surface area contributed by atoms with Gasteiger partial charge < -0.3 is 10.2 Å². The van der Waals surface area contributed by atoms with Gasteiger partial charge in [0.2, 0.25) is 5.91 Å². The second-order valence-electron chi connectivity index (χ2n) is 7.02. The van der Waals surface area contributed by atoms with E-state index in [4.69, 9.17) is 0 Å². The zero-order valence-electron chi connectivity index (χ0n) is 14.4. The number of carbonyl (C=O) groups excluding carboxylic acids is 2. The van der Waals surface area contributed by atoms with Gasteiger partial charge in [-0.15, -0.1) is 11.3 Å². The van der Waals surface area contributed by atoms with Crippen molar-refractivity contribution in [2.75, 3.05) is 13.1 Å². The van der Waals surface area contributed by atoms with Crippen LogP contribution < -0.4 is 5.32 Å². The first-order valence-electron chi connectivity index (χ1n) is 9.05. The summed E-state index contributed by atoms with van der Waals surface area (Å²) in [6.07, 6.45) is 3.68. The van der Waals surface area contributed by atoms with E-state index in [2.05, 4.69) is 5.32 Å². The second-order valence-corrected chi connectivity index (χ2v) is 8.10. The topological polar surface area (TPSA) is 49.4 Å². The molecule has 2 aliphatic rings. The first-order chi connectivity index (χ1) is 12.6. The number of thiophene rings is 1. The normalized spacial score (nSPS) is 18.0. The molecule has 2 amide bonds. The van der Waals surface area contributed by atoms with Crippen LogP contribution in [0.3, 0.4) is 0 Å². The van der Waals surface area contributed by atoms with Crippen molar-refractivity contribution in [3.05, 3.63) is 47.1 Å². The first-order valence-corrected chi connectivity index (χ1v) is 9.87. The van der Waals surface area contributed by atoms with Crippen LogP contribution in [0.1, 0.15) is 35.4 Å². The number of nitrogens with zero attached hydrogens (tertiary/aromatic N) is 1. The Balaban J connectivity index is 1.32. The molecule has 136 valence electrons. The average molecular weight is 372 g/mol. The lowest BCUT2D eigenvalue weighted by Crippen LogP contribution is -2.46. The molecule has 1 aliphatic heterocycles. The van der Waals surface area contributed by atoms with Crippen LogP contribution in [0.15, 0.2) is 36.4 Å². The molecule has 1 aliphatic carbocycles. The molecular formula is C20H21FN2O2S. The minimum absolute atomic E-state index is 0.0738. The Morgan fingerprint density at radius 3 is 2.35 bits per heavy atom. The minimum atomic E-state index is -0.269. The summed E-state index contributed by atoms with van der Waals surface area (Å²) in [4.78, 5) is 28.1. The van der Waals surface area contributed by atoms with Crippen molar-refractivity contribution < 1.29 is 14.0 Å². The molecule has 4 nitrogen and oxygen atoms in total. The summed E-state index contributed by atoms with van der Waals surface area (Å²) >= 11 is 1.41. The van der Waals surface area contributed by atoms with E-state index < -0.39 is 0 Å². The maximum Gasteiger partial charge on any atom is 0.261 e. The SMILES string of the molecule is O=C(NC1CCN(C(=O)C2CC2)CC1)c1ccc(-c2ccc(F)cc2)s1. The van der Waals surface area contributed by atoms with Crippen LogP contribution in [-0.2, 0) is 4.79 Å². The van der Waals surface area contributed by atoms with Crippen LogP contribution in [0.4, 0.5) is 4.39 Å². The van der Waals surface area contributed by atoms with E-state index in [1.807, 2.05) is 17.0 Å². The lowest BCUT2D eigenvalue weighted by Gasteiger charge is -2.32. The van der Waals surface area contributed by atoms with E-state index in [9.17, 15) is 14.0 Å². The van der Waals surface area contributed by atoms with Gasteiger partial charge in [-0.2, -0.15) is 0 Å². The molecule has 2 aromatic rings. The summed E-state index contributed by atoms with van der Waals surface area (Å²) in [7, 11) is 0. The molecule has 1 aromatic carbocycles. The highest BCUT2D eigenvalue weighted by Gasteiger charge is 2.35. The van der Waals surface area contributed by atoms with Crippen molar-refractivity contribution in [2.24, 2.45) is 5.92 Å². The van der Waals surface area contributed by atoms with Crippen LogP contribution in [0.25, 0.3) is 10.4 Å². The van der Waals surface area contributed by atoms with Gasteiger partial charge >= 0.3 is 0 Å². The maximum absolute atomic E-state index is 13.0. The third-order valence-corrected chi connectivity index (χ3v) is 6.16. The minimum Gasteiger partial charge on any atom is -0.348 e. The molecule has 2 fully saturated rings. The van der Waals surface area contributed by atoms with Crippen molar-refractivity contribution in [1.82, 2.24) is 10.2 Å². The number of piperidine rings is 1. The molecule has 1 saturated carbocycles. The number of halogens is 1. The molecular weight excluding hydrogens is 351 g/mol. The van der Waals surface area contributed by atoms with E-state index in [0.717, 1.165) is 49.2 Å². The van der Waals surface area contributed by atoms with Gasteiger partial charge in [-0.05, 0) is 55.5 Å². The fourth-order valence-corrected chi connectivity index (χ4v) is 4.23. The van der Waals surface area contributed by atoms with Crippen LogP contribution in [0.5, 0.6) is 0 Å². The van der Waals surface area contributed by atoms with E-state index in [0.29, 0.717) is 4.88 Å². The summed E-state index contributed by atoms with van der Waals surface area (Å²) in [5, 5.41) is 3.09. The van der Waals surface area contributed by atoms with Gasteiger partial charge in [0, 0.05) is 29.9 Å². The highest BCUT2D eigenvalue weighted by molar-refractivity contribution is 7.17. The molecule has 1 saturated heterocycles. The van der Waals surface area contributed by atoms with Gasteiger partial charge in [0.25, 0.3) is 5.91 Å². The molecule has 2 heterocycles. The lowest BCUT2D eigenvalue weighted by atomic mass is 10.0. The van der Waals surface area contributed by atoms with Crippen molar-refractivity contribution in [3.63, 3.8) is 0 Å². The van der Waals surface area contributed by atoms with Crippen LogP contribution in [-0.4, -0.2) is 35.8 Å². The Morgan fingerprint density at radius 1 is 1.00 bits per heavy atom. The molecule has 0 bridgehead atoms. The van der Waals surface area contributed by atoms with Gasteiger partial charge in [0.1, 0.15) is 5.82 Å². The van der Waals surface area contributed by atoms with Crippen molar-refractivity contribution >= 4 is 23.2 Å². The number of hydrogen-bond donors (Lipinski definition) is 1. The zero-order chi connectivity index (χ0) is 18.1. The third-order valence-electron chi connectivity index (χ3n) is 5.03. The van der Waals surface area contributed by atoms with Gasteiger partial charge in [0.05, 0.1) is 4.88 Å². The molecule has 0 atom stereocenters. The number of likely N-dealkylation sites (tertiary alicyclic amines) is 1. The average Bonchev–Trinajstić information content (AvgIpc) is 3.39. The highest BCUT2D eigenvalue weighted by Crippen LogP contribution is 2.32. The zero-order valence-corrected chi connectivity index (χ0v) is 15.2. The number of carbonyl (C=O) groups is 2. The van der Waals surface area contributed by atoms with Crippen LogP contribution in [0, 0.1) is 11.7 Å². The highest BCUT2D eigenvalue weighted by atomic mass is 32.1. The molecule has 26 heavy (non-hydrogen) atoms. The molecule has 0 unspecified atom stereocenters. The predicted octanol–water partition coefficient (Wildman–Crippen LogP) is 3.69. The van der Waals surface area contributed by atoms with E-state index in [1.165, 1.54) is 23.5 Å². The number of amides is 2. The first kappa shape index (κ1) is 17.2. The second kappa shape index (κ2) is 7.19. The largest absolute Gasteiger partial charge is 0.348 e. The third kappa shape index (κ3) is 3.80. The smallest absolute Gasteiger partial charge is 0.261 e. The fourth-order valence-electron chi connectivity index (χ4n) is 3.32. The van der Waals surface area contributed by atoms with E-state index in [-0.39, 0.29) is 29.6 Å². The number of nitrogens with one attached hydrogen (secondary N) is 1. The molecule has 0 spiro atoms. The maximum atomic E-state index is 13.0. The number of hydrogen-bond acceptors (Lipinski definition) is 3. The standard InChI is InChI=1S/C20H21FN2O2S/c21-15-5-3-13(4-6-15)17-7-8-18(26-17)19(24)22-16-9-11-23(12-10-16)20(25)14-1-2-14/h3-8,14,16H,1-2,9-12H2,(H,22,24). The predicted molar refractivity (Wildman–Crippen MR) is 99.5 cm³/mol.